The molecule has 0 aromatic heterocycles. The topological polar surface area (TPSA) is 76.4 Å². The van der Waals surface area contributed by atoms with Crippen LogP contribution >= 0.6 is 12.2 Å². The highest BCUT2D eigenvalue weighted by molar-refractivity contribution is 7.80. The number of benzene rings is 1. The van der Waals surface area contributed by atoms with Crippen LogP contribution in [0, 0.1) is 0 Å². The van der Waals surface area contributed by atoms with Gasteiger partial charge in [0, 0.05) is 5.56 Å². The Hall–Kier alpha value is -1.82. The van der Waals surface area contributed by atoms with Crippen molar-refractivity contribution in [3.8, 4) is 5.75 Å². The summed E-state index contributed by atoms with van der Waals surface area (Å²) in [6.45, 7) is 2.92. The van der Waals surface area contributed by atoms with Gasteiger partial charge in [0.05, 0.1) is 6.61 Å². The number of hydrogen-bond acceptors (Lipinski definition) is 3. The van der Waals surface area contributed by atoms with Crippen LogP contribution in [0.25, 0.3) is 0 Å². The van der Waals surface area contributed by atoms with E-state index in [0.717, 1.165) is 12.2 Å². The Bertz CT molecular complexity index is 463. The lowest BCUT2D eigenvalue weighted by molar-refractivity contribution is 0.0944. The Balaban J connectivity index is 2.24. The second-order valence-corrected chi connectivity index (χ2v) is 5.52. The van der Waals surface area contributed by atoms with E-state index in [2.05, 4.69) is 30.0 Å². The van der Waals surface area contributed by atoms with Crippen molar-refractivity contribution < 1.29 is 9.53 Å². The lowest BCUT2D eigenvalue weighted by Crippen LogP contribution is -2.44. The van der Waals surface area contributed by atoms with E-state index in [4.69, 9.17) is 10.5 Å². The first-order valence-corrected chi connectivity index (χ1v) is 8.13. The Labute approximate surface area is 137 Å². The third kappa shape index (κ3) is 7.83. The summed E-state index contributed by atoms with van der Waals surface area (Å²) in [7, 11) is 0. The lowest BCUT2D eigenvalue weighted by atomic mass is 10.1. The zero-order chi connectivity index (χ0) is 16.2. The predicted octanol–water partition coefficient (Wildman–Crippen LogP) is 2.90. The van der Waals surface area contributed by atoms with E-state index in [1.807, 2.05) is 0 Å². The molecule has 0 spiro atoms. The van der Waals surface area contributed by atoms with Gasteiger partial charge in [-0.1, -0.05) is 39.0 Å². The molecule has 1 aromatic carbocycles. The highest BCUT2D eigenvalue weighted by atomic mass is 32.1. The van der Waals surface area contributed by atoms with E-state index in [1.54, 1.807) is 24.3 Å². The molecule has 1 aromatic rings. The van der Waals surface area contributed by atoms with Crippen LogP contribution in [0.3, 0.4) is 0 Å². The Morgan fingerprint density at radius 2 is 1.73 bits per heavy atom. The maximum atomic E-state index is 11.7. The molecular weight excluding hydrogens is 298 g/mol. The number of thiocarbonyl (C=S) groups is 1. The second-order valence-electron chi connectivity index (χ2n) is 5.08. The van der Waals surface area contributed by atoms with Crippen LogP contribution in [-0.2, 0) is 0 Å². The van der Waals surface area contributed by atoms with Gasteiger partial charge < -0.3 is 10.5 Å². The van der Waals surface area contributed by atoms with Crippen LogP contribution in [0.4, 0.5) is 0 Å². The van der Waals surface area contributed by atoms with Crippen molar-refractivity contribution >= 4 is 23.2 Å². The van der Waals surface area contributed by atoms with E-state index in [1.165, 1.54) is 32.1 Å². The van der Waals surface area contributed by atoms with Crippen LogP contribution in [0.1, 0.15) is 55.8 Å². The van der Waals surface area contributed by atoms with Crippen LogP contribution in [0.5, 0.6) is 5.75 Å². The smallest absolute Gasteiger partial charge is 0.269 e. The fourth-order valence-electron chi connectivity index (χ4n) is 1.97. The van der Waals surface area contributed by atoms with Crippen molar-refractivity contribution in [2.24, 2.45) is 5.73 Å². The van der Waals surface area contributed by atoms with E-state index in [9.17, 15) is 4.79 Å². The predicted molar refractivity (Wildman–Crippen MR) is 92.7 cm³/mol. The first-order valence-electron chi connectivity index (χ1n) is 7.72. The number of amides is 1. The summed E-state index contributed by atoms with van der Waals surface area (Å²) in [6, 6.07) is 6.97. The zero-order valence-corrected chi connectivity index (χ0v) is 13.9. The maximum Gasteiger partial charge on any atom is 0.269 e. The molecule has 0 bridgehead atoms. The number of nitrogens with one attached hydrogen (secondary N) is 2. The van der Waals surface area contributed by atoms with Gasteiger partial charge in [-0.15, -0.1) is 0 Å². The van der Waals surface area contributed by atoms with Crippen molar-refractivity contribution in [3.05, 3.63) is 29.8 Å². The number of carbonyl (C=O) groups excluding carboxylic acids is 1. The number of hydrazine groups is 1. The summed E-state index contributed by atoms with van der Waals surface area (Å²) in [6.07, 6.45) is 7.42. The number of hydrogen-bond donors (Lipinski definition) is 3. The van der Waals surface area contributed by atoms with Gasteiger partial charge >= 0.3 is 0 Å². The molecule has 0 saturated carbocycles. The normalized spacial score (nSPS) is 10.0. The van der Waals surface area contributed by atoms with E-state index in [0.29, 0.717) is 12.2 Å². The number of unbranched alkanes of at least 4 members (excludes halogenated alkanes) is 5. The standard InChI is InChI=1S/C16H25N3O2S/c1-2-3-4-5-6-7-12-21-14-10-8-13(9-11-14)15(20)18-19-16(17)22/h8-11H,2-7,12H2,1H3,(H,18,20)(H3,17,19,22). The summed E-state index contributed by atoms with van der Waals surface area (Å²) in [5.74, 6) is 0.475. The number of carbonyl (C=O) groups is 1. The van der Waals surface area contributed by atoms with Crippen LogP contribution in [0.15, 0.2) is 24.3 Å². The van der Waals surface area contributed by atoms with Gasteiger partial charge in [-0.25, -0.2) is 0 Å². The quantitative estimate of drug-likeness (QED) is 0.370. The summed E-state index contributed by atoms with van der Waals surface area (Å²) >= 11 is 4.61. The molecule has 0 aliphatic rings. The molecule has 0 radical (unpaired) electrons. The lowest BCUT2D eigenvalue weighted by Gasteiger charge is -2.08. The Kier molecular flexibility index (Phi) is 8.98. The number of nitrogens with two attached hydrogens (primary N) is 1. The monoisotopic (exact) mass is 323 g/mol. The molecule has 0 saturated heterocycles. The average Bonchev–Trinajstić information content (AvgIpc) is 2.52. The number of ether oxygens (including phenoxy) is 1. The van der Waals surface area contributed by atoms with Gasteiger partial charge in [-0.3, -0.25) is 15.6 Å². The van der Waals surface area contributed by atoms with Crippen molar-refractivity contribution in [1.29, 1.82) is 0 Å². The van der Waals surface area contributed by atoms with E-state index < -0.39 is 0 Å². The molecule has 22 heavy (non-hydrogen) atoms. The van der Waals surface area contributed by atoms with Gasteiger partial charge in [0.25, 0.3) is 5.91 Å². The minimum absolute atomic E-state index is 0.0206. The molecule has 6 heteroatoms. The minimum atomic E-state index is -0.296. The van der Waals surface area contributed by atoms with Crippen LogP contribution in [-0.4, -0.2) is 17.6 Å². The molecule has 0 aliphatic heterocycles. The summed E-state index contributed by atoms with van der Waals surface area (Å²) in [4.78, 5) is 11.7. The molecule has 0 fully saturated rings. The molecule has 0 heterocycles. The first kappa shape index (κ1) is 18.2. The van der Waals surface area contributed by atoms with E-state index in [-0.39, 0.29) is 11.0 Å². The van der Waals surface area contributed by atoms with Gasteiger partial charge in [-0.05, 0) is 42.9 Å². The number of rotatable bonds is 9. The van der Waals surface area contributed by atoms with Gasteiger partial charge in [0.1, 0.15) is 5.75 Å². The largest absolute Gasteiger partial charge is 0.494 e. The Morgan fingerprint density at radius 3 is 2.36 bits per heavy atom. The van der Waals surface area contributed by atoms with Crippen molar-refractivity contribution in [1.82, 2.24) is 10.9 Å². The van der Waals surface area contributed by atoms with Gasteiger partial charge in [0.15, 0.2) is 5.11 Å². The van der Waals surface area contributed by atoms with E-state index >= 15 is 0 Å². The minimum Gasteiger partial charge on any atom is -0.494 e. The van der Waals surface area contributed by atoms with Crippen molar-refractivity contribution in [2.75, 3.05) is 6.61 Å². The van der Waals surface area contributed by atoms with Crippen LogP contribution < -0.4 is 21.3 Å². The third-order valence-corrected chi connectivity index (χ3v) is 3.28. The molecule has 0 aliphatic carbocycles. The van der Waals surface area contributed by atoms with Crippen molar-refractivity contribution in [3.63, 3.8) is 0 Å². The molecule has 122 valence electrons. The third-order valence-electron chi connectivity index (χ3n) is 3.18. The molecule has 5 nitrogen and oxygen atoms in total. The fraction of sp³-hybridized carbons (Fsp3) is 0.500. The average molecular weight is 323 g/mol. The highest BCUT2D eigenvalue weighted by Gasteiger charge is 2.05. The Morgan fingerprint density at radius 1 is 1.09 bits per heavy atom. The zero-order valence-electron chi connectivity index (χ0n) is 13.1. The molecular formula is C16H25N3O2S. The van der Waals surface area contributed by atoms with Crippen molar-refractivity contribution in [2.45, 2.75) is 45.4 Å². The second kappa shape index (κ2) is 10.8. The molecule has 1 amide bonds. The molecule has 0 atom stereocenters. The summed E-state index contributed by atoms with van der Waals surface area (Å²) in [5, 5.41) is 0.0206. The molecule has 4 N–H and O–H groups in total. The first-order chi connectivity index (χ1) is 10.6. The molecule has 1 rings (SSSR count). The van der Waals surface area contributed by atoms with Gasteiger partial charge in [0.2, 0.25) is 0 Å². The van der Waals surface area contributed by atoms with Crippen LogP contribution in [0.2, 0.25) is 0 Å². The fourth-order valence-corrected chi connectivity index (χ4v) is 2.02. The van der Waals surface area contributed by atoms with Gasteiger partial charge in [-0.2, -0.15) is 0 Å². The highest BCUT2D eigenvalue weighted by Crippen LogP contribution is 2.13. The summed E-state index contributed by atoms with van der Waals surface area (Å²) < 4.78 is 5.66. The molecule has 0 unspecified atom stereocenters. The SMILES string of the molecule is CCCCCCCCOc1ccc(C(=O)NNC(N)=S)cc1. The summed E-state index contributed by atoms with van der Waals surface area (Å²) in [5.41, 5.74) is 10.5. The maximum absolute atomic E-state index is 11.7.